The average Bonchev–Trinajstić information content (AvgIpc) is 3.04. The van der Waals surface area contributed by atoms with Crippen molar-refractivity contribution in [3.8, 4) is 0 Å². The molecule has 116 valence electrons. The van der Waals surface area contributed by atoms with Crippen molar-refractivity contribution in [2.45, 2.75) is 32.0 Å². The second-order valence-electron chi connectivity index (χ2n) is 5.08. The average molecular weight is 297 g/mol. The van der Waals surface area contributed by atoms with Crippen LogP contribution in [0, 0.1) is 6.92 Å². The van der Waals surface area contributed by atoms with E-state index in [4.69, 9.17) is 4.74 Å². The number of carboxylic acids is 1. The highest BCUT2D eigenvalue weighted by Crippen LogP contribution is 2.21. The van der Waals surface area contributed by atoms with Gasteiger partial charge < -0.3 is 19.6 Å². The molecule has 0 saturated carbocycles. The Hall–Kier alpha value is -2.16. The zero-order valence-corrected chi connectivity index (χ0v) is 12.2. The summed E-state index contributed by atoms with van der Waals surface area (Å²) >= 11 is 0. The molecule has 2 amide bonds. The van der Waals surface area contributed by atoms with Crippen molar-refractivity contribution in [1.29, 1.82) is 0 Å². The number of H-pyrrole nitrogens is 1. The summed E-state index contributed by atoms with van der Waals surface area (Å²) in [6, 6.07) is -1.23. The molecule has 1 aliphatic rings. The summed E-state index contributed by atoms with van der Waals surface area (Å²) in [5.74, 6) is 0.123. The number of nitrogens with zero attached hydrogens (tertiary/aromatic N) is 4. The number of rotatable bonds is 4. The molecule has 0 aliphatic carbocycles. The van der Waals surface area contributed by atoms with E-state index >= 15 is 0 Å². The molecule has 21 heavy (non-hydrogen) atoms. The van der Waals surface area contributed by atoms with Gasteiger partial charge in [0.25, 0.3) is 0 Å². The van der Waals surface area contributed by atoms with E-state index in [1.54, 1.807) is 14.0 Å². The molecule has 2 atom stereocenters. The van der Waals surface area contributed by atoms with Crippen LogP contribution in [0.3, 0.4) is 0 Å². The summed E-state index contributed by atoms with van der Waals surface area (Å²) in [5, 5.41) is 15.9. The number of aliphatic carboxylic acids is 1. The van der Waals surface area contributed by atoms with Crippen LogP contribution in [0.5, 0.6) is 0 Å². The third kappa shape index (κ3) is 3.30. The molecule has 0 radical (unpaired) electrons. The van der Waals surface area contributed by atoms with E-state index in [9.17, 15) is 14.7 Å². The number of aryl methyl sites for hydroxylation is 1. The predicted molar refractivity (Wildman–Crippen MR) is 71.5 cm³/mol. The van der Waals surface area contributed by atoms with E-state index in [1.165, 1.54) is 16.9 Å². The van der Waals surface area contributed by atoms with Crippen LogP contribution in [-0.2, 0) is 16.1 Å². The number of hydrogen-bond acceptors (Lipinski definition) is 5. The van der Waals surface area contributed by atoms with Gasteiger partial charge in [-0.1, -0.05) is 0 Å². The highest BCUT2D eigenvalue weighted by atomic mass is 16.5. The van der Waals surface area contributed by atoms with Gasteiger partial charge in [-0.15, -0.1) is 0 Å². The Morgan fingerprint density at radius 3 is 2.81 bits per heavy atom. The molecule has 0 aromatic carbocycles. The Bertz CT molecular complexity index is 531. The second kappa shape index (κ2) is 6.08. The Morgan fingerprint density at radius 1 is 1.57 bits per heavy atom. The third-order valence-corrected chi connectivity index (χ3v) is 3.48. The summed E-state index contributed by atoms with van der Waals surface area (Å²) in [5.41, 5.74) is 0. The quantitative estimate of drug-likeness (QED) is 0.798. The molecular formula is C12H19N5O4. The van der Waals surface area contributed by atoms with Gasteiger partial charge in [0.2, 0.25) is 0 Å². The number of carbonyl (C=O) groups is 2. The van der Waals surface area contributed by atoms with Crippen molar-refractivity contribution in [3.05, 3.63) is 11.6 Å². The molecule has 2 heterocycles. The van der Waals surface area contributed by atoms with E-state index in [-0.39, 0.29) is 25.2 Å². The lowest BCUT2D eigenvalue weighted by Crippen LogP contribution is -2.46. The fourth-order valence-corrected chi connectivity index (χ4v) is 2.37. The van der Waals surface area contributed by atoms with E-state index in [0.29, 0.717) is 18.1 Å². The number of nitrogens with one attached hydrogen (secondary N) is 1. The van der Waals surface area contributed by atoms with Gasteiger partial charge in [0, 0.05) is 27.1 Å². The summed E-state index contributed by atoms with van der Waals surface area (Å²) in [4.78, 5) is 30.5. The molecule has 0 bridgehead atoms. The fraction of sp³-hybridized carbons (Fsp3) is 0.667. The Labute approximate surface area is 121 Å². The van der Waals surface area contributed by atoms with E-state index in [2.05, 4.69) is 15.2 Å². The van der Waals surface area contributed by atoms with Crippen molar-refractivity contribution >= 4 is 12.0 Å². The summed E-state index contributed by atoms with van der Waals surface area (Å²) in [7, 11) is 3.10. The first-order chi connectivity index (χ1) is 9.92. The summed E-state index contributed by atoms with van der Waals surface area (Å²) < 4.78 is 5.17. The van der Waals surface area contributed by atoms with Gasteiger partial charge in [-0.05, 0) is 6.92 Å². The minimum atomic E-state index is -1.02. The number of aromatic amines is 1. The molecule has 1 aromatic heterocycles. The van der Waals surface area contributed by atoms with Gasteiger partial charge in [-0.3, -0.25) is 5.10 Å². The highest BCUT2D eigenvalue weighted by Gasteiger charge is 2.40. The van der Waals surface area contributed by atoms with E-state index in [1.807, 2.05) is 0 Å². The van der Waals surface area contributed by atoms with Crippen LogP contribution in [-0.4, -0.2) is 74.9 Å². The number of aromatic nitrogens is 3. The van der Waals surface area contributed by atoms with Crippen LogP contribution < -0.4 is 0 Å². The van der Waals surface area contributed by atoms with Crippen LogP contribution in [0.2, 0.25) is 0 Å². The Balaban J connectivity index is 2.05. The van der Waals surface area contributed by atoms with Gasteiger partial charge in [-0.2, -0.15) is 5.10 Å². The molecule has 2 N–H and O–H groups in total. The van der Waals surface area contributed by atoms with Gasteiger partial charge in [0.15, 0.2) is 5.82 Å². The maximum absolute atomic E-state index is 12.4. The smallest absolute Gasteiger partial charge is 0.326 e. The molecule has 1 fully saturated rings. The third-order valence-electron chi connectivity index (χ3n) is 3.48. The number of urea groups is 1. The lowest BCUT2D eigenvalue weighted by atomic mass is 10.2. The Kier molecular flexibility index (Phi) is 4.41. The standard InChI is InChI=1S/C12H19N5O4/c1-7-13-10(15-14-7)6-16(2)12(20)17-5-8(21-3)4-9(17)11(18)19/h8-9H,4-6H2,1-3H3,(H,18,19)(H,13,14,15). The summed E-state index contributed by atoms with van der Waals surface area (Å²) in [6.45, 7) is 2.25. The topological polar surface area (TPSA) is 112 Å². The van der Waals surface area contributed by atoms with E-state index < -0.39 is 12.0 Å². The van der Waals surface area contributed by atoms with Crippen molar-refractivity contribution in [2.75, 3.05) is 20.7 Å². The molecule has 2 unspecified atom stereocenters. The monoisotopic (exact) mass is 297 g/mol. The van der Waals surface area contributed by atoms with Crippen molar-refractivity contribution in [1.82, 2.24) is 25.0 Å². The second-order valence-corrected chi connectivity index (χ2v) is 5.08. The number of hydrogen-bond donors (Lipinski definition) is 2. The zero-order chi connectivity index (χ0) is 15.6. The minimum absolute atomic E-state index is 0.212. The van der Waals surface area contributed by atoms with Crippen LogP contribution in [0.4, 0.5) is 4.79 Å². The maximum Gasteiger partial charge on any atom is 0.326 e. The molecule has 1 saturated heterocycles. The summed E-state index contributed by atoms with van der Waals surface area (Å²) in [6.07, 6.45) is 0.0414. The van der Waals surface area contributed by atoms with E-state index in [0.717, 1.165) is 0 Å². The van der Waals surface area contributed by atoms with Gasteiger partial charge in [0.05, 0.1) is 12.6 Å². The lowest BCUT2D eigenvalue weighted by Gasteiger charge is -2.26. The first kappa shape index (κ1) is 15.2. The van der Waals surface area contributed by atoms with Crippen LogP contribution in [0.15, 0.2) is 0 Å². The molecular weight excluding hydrogens is 278 g/mol. The number of amides is 2. The molecule has 9 heteroatoms. The zero-order valence-electron chi connectivity index (χ0n) is 12.2. The number of ether oxygens (including phenoxy) is 1. The van der Waals surface area contributed by atoms with Gasteiger partial charge in [0.1, 0.15) is 11.9 Å². The number of likely N-dealkylation sites (tertiary alicyclic amines) is 1. The SMILES string of the molecule is COC1CC(C(=O)O)N(C(=O)N(C)Cc2n[nH]c(C)n2)C1. The maximum atomic E-state index is 12.4. The minimum Gasteiger partial charge on any atom is -0.480 e. The predicted octanol–water partition coefficient (Wildman–Crippen LogP) is -0.161. The fourth-order valence-electron chi connectivity index (χ4n) is 2.37. The first-order valence-corrected chi connectivity index (χ1v) is 6.57. The first-order valence-electron chi connectivity index (χ1n) is 6.57. The van der Waals surface area contributed by atoms with Gasteiger partial charge in [-0.25, -0.2) is 14.6 Å². The van der Waals surface area contributed by atoms with Gasteiger partial charge >= 0.3 is 12.0 Å². The lowest BCUT2D eigenvalue weighted by molar-refractivity contribution is -0.141. The number of carbonyl (C=O) groups excluding carboxylic acids is 1. The van der Waals surface area contributed by atoms with Crippen molar-refractivity contribution in [2.24, 2.45) is 0 Å². The molecule has 2 rings (SSSR count). The molecule has 1 aliphatic heterocycles. The normalized spacial score (nSPS) is 21.6. The molecule has 9 nitrogen and oxygen atoms in total. The molecule has 1 aromatic rings. The van der Waals surface area contributed by atoms with Crippen molar-refractivity contribution < 1.29 is 19.4 Å². The van der Waals surface area contributed by atoms with Crippen LogP contribution >= 0.6 is 0 Å². The highest BCUT2D eigenvalue weighted by molar-refractivity contribution is 5.83. The van der Waals surface area contributed by atoms with Crippen LogP contribution in [0.25, 0.3) is 0 Å². The molecule has 0 spiro atoms. The largest absolute Gasteiger partial charge is 0.480 e. The Morgan fingerprint density at radius 2 is 2.29 bits per heavy atom. The number of methoxy groups -OCH3 is 1. The van der Waals surface area contributed by atoms with Crippen LogP contribution in [0.1, 0.15) is 18.1 Å². The van der Waals surface area contributed by atoms with Crippen molar-refractivity contribution in [3.63, 3.8) is 0 Å². The number of carboxylic acid groups (broad SMARTS) is 1.